The first-order chi connectivity index (χ1) is 14.1. The van der Waals surface area contributed by atoms with Gasteiger partial charge in [0.05, 0.1) is 16.4 Å². The molecule has 1 heterocycles. The van der Waals surface area contributed by atoms with E-state index in [1.54, 1.807) is 24.3 Å². The van der Waals surface area contributed by atoms with Crippen molar-refractivity contribution in [3.8, 4) is 0 Å². The van der Waals surface area contributed by atoms with Gasteiger partial charge in [0.2, 0.25) is 0 Å². The summed E-state index contributed by atoms with van der Waals surface area (Å²) in [5.41, 5.74) is 1.79. The van der Waals surface area contributed by atoms with Gasteiger partial charge < -0.3 is 9.47 Å². The van der Waals surface area contributed by atoms with Crippen LogP contribution in [0.25, 0.3) is 0 Å². The number of rotatable bonds is 7. The fourth-order valence-electron chi connectivity index (χ4n) is 2.92. The smallest absolute Gasteiger partial charge is 0.297 e. The highest BCUT2D eigenvalue weighted by atomic mass is 32.2. The van der Waals surface area contributed by atoms with Gasteiger partial charge in [0.15, 0.2) is 6.29 Å². The minimum atomic E-state index is -4.16. The van der Waals surface area contributed by atoms with E-state index in [4.69, 9.17) is 17.8 Å². The molecule has 0 spiro atoms. The van der Waals surface area contributed by atoms with Gasteiger partial charge >= 0.3 is 0 Å². The van der Waals surface area contributed by atoms with E-state index in [9.17, 15) is 16.8 Å². The standard InChI is InChI=1S/C20H24O8S2/c1-14-4-8-16(9-5-14)29(21,22)27-18-12-20(25-3)26-13-19(18)28-30(23,24)17-10-6-15(2)7-11-17/h4-11,18-20H,12-13H2,1-3H3/t18-,19+,20+/m0/s1. The fourth-order valence-corrected chi connectivity index (χ4v) is 5.11. The van der Waals surface area contributed by atoms with Crippen LogP contribution < -0.4 is 0 Å². The first-order valence-corrected chi connectivity index (χ1v) is 12.1. The number of aryl methyl sites for hydroxylation is 2. The maximum atomic E-state index is 12.7. The van der Waals surface area contributed by atoms with Gasteiger partial charge in [0, 0.05) is 13.5 Å². The summed E-state index contributed by atoms with van der Waals surface area (Å²) in [7, 11) is -6.91. The summed E-state index contributed by atoms with van der Waals surface area (Å²) >= 11 is 0. The van der Waals surface area contributed by atoms with Crippen molar-refractivity contribution in [1.29, 1.82) is 0 Å². The van der Waals surface area contributed by atoms with E-state index in [1.807, 2.05) is 13.8 Å². The zero-order valence-corrected chi connectivity index (χ0v) is 18.5. The number of ether oxygens (including phenoxy) is 2. The molecule has 8 nitrogen and oxygen atoms in total. The molecule has 10 heteroatoms. The van der Waals surface area contributed by atoms with E-state index >= 15 is 0 Å². The van der Waals surface area contributed by atoms with Crippen molar-refractivity contribution in [3.63, 3.8) is 0 Å². The summed E-state index contributed by atoms with van der Waals surface area (Å²) in [6.07, 6.45) is -3.04. The van der Waals surface area contributed by atoms with Crippen molar-refractivity contribution in [1.82, 2.24) is 0 Å². The predicted octanol–water partition coefficient (Wildman–Crippen LogP) is 2.54. The zero-order chi connectivity index (χ0) is 21.9. The average Bonchev–Trinajstić information content (AvgIpc) is 2.69. The van der Waals surface area contributed by atoms with Crippen LogP contribution in [0.5, 0.6) is 0 Å². The second kappa shape index (κ2) is 9.13. The van der Waals surface area contributed by atoms with Gasteiger partial charge in [-0.05, 0) is 38.1 Å². The molecule has 1 fully saturated rings. The second-order valence-corrected chi connectivity index (χ2v) is 10.2. The summed E-state index contributed by atoms with van der Waals surface area (Å²) in [4.78, 5) is -0.0733. The predicted molar refractivity (Wildman–Crippen MR) is 108 cm³/mol. The van der Waals surface area contributed by atoms with Crippen molar-refractivity contribution in [2.45, 2.75) is 48.6 Å². The zero-order valence-electron chi connectivity index (χ0n) is 16.8. The molecular weight excluding hydrogens is 432 g/mol. The van der Waals surface area contributed by atoms with Crippen LogP contribution in [0.2, 0.25) is 0 Å². The van der Waals surface area contributed by atoms with Gasteiger partial charge in [-0.2, -0.15) is 16.8 Å². The largest absolute Gasteiger partial charge is 0.356 e. The minimum absolute atomic E-state index is 0.0182. The molecule has 0 aromatic heterocycles. The molecule has 0 amide bonds. The maximum absolute atomic E-state index is 12.7. The lowest BCUT2D eigenvalue weighted by atomic mass is 10.1. The van der Waals surface area contributed by atoms with Crippen LogP contribution >= 0.6 is 0 Å². The molecule has 0 bridgehead atoms. The molecule has 3 atom stereocenters. The number of benzene rings is 2. The first kappa shape index (κ1) is 22.9. The molecule has 0 N–H and O–H groups in total. The Morgan fingerprint density at radius 2 is 1.20 bits per heavy atom. The summed E-state index contributed by atoms with van der Waals surface area (Å²) in [5, 5.41) is 0. The topological polar surface area (TPSA) is 105 Å². The second-order valence-electron chi connectivity index (χ2n) is 7.04. The summed E-state index contributed by atoms with van der Waals surface area (Å²) in [6.45, 7) is 3.45. The summed E-state index contributed by atoms with van der Waals surface area (Å²) < 4.78 is 72.0. The van der Waals surface area contributed by atoms with Gasteiger partial charge in [-0.15, -0.1) is 0 Å². The number of hydrogen-bond acceptors (Lipinski definition) is 8. The molecule has 1 saturated heterocycles. The lowest BCUT2D eigenvalue weighted by molar-refractivity contribution is -0.195. The molecule has 1 aliphatic rings. The van der Waals surface area contributed by atoms with Gasteiger partial charge in [-0.1, -0.05) is 35.4 Å². The molecule has 3 rings (SSSR count). The third kappa shape index (κ3) is 5.45. The Morgan fingerprint density at radius 1 is 0.767 bits per heavy atom. The van der Waals surface area contributed by atoms with E-state index in [0.29, 0.717) is 0 Å². The molecule has 0 aliphatic carbocycles. The van der Waals surface area contributed by atoms with E-state index in [1.165, 1.54) is 31.4 Å². The van der Waals surface area contributed by atoms with E-state index in [0.717, 1.165) is 11.1 Å². The van der Waals surface area contributed by atoms with Crippen LogP contribution in [0.3, 0.4) is 0 Å². The molecule has 1 aliphatic heterocycles. The van der Waals surface area contributed by atoms with Crippen molar-refractivity contribution in [2.75, 3.05) is 13.7 Å². The Morgan fingerprint density at radius 3 is 1.63 bits per heavy atom. The SMILES string of the molecule is CO[C@H]1C[C@H](OS(=O)(=O)c2ccc(C)cc2)[C@H](OS(=O)(=O)c2ccc(C)cc2)CO1. The lowest BCUT2D eigenvalue weighted by Crippen LogP contribution is -2.46. The van der Waals surface area contributed by atoms with Crippen LogP contribution in [0.1, 0.15) is 17.5 Å². The molecular formula is C20H24O8S2. The summed E-state index contributed by atoms with van der Waals surface area (Å²) in [6, 6.07) is 12.3. The Balaban J connectivity index is 1.83. The summed E-state index contributed by atoms with van der Waals surface area (Å²) in [5.74, 6) is 0. The number of methoxy groups -OCH3 is 1. The van der Waals surface area contributed by atoms with E-state index in [2.05, 4.69) is 0 Å². The van der Waals surface area contributed by atoms with Gasteiger partial charge in [0.1, 0.15) is 12.2 Å². The maximum Gasteiger partial charge on any atom is 0.297 e. The van der Waals surface area contributed by atoms with E-state index in [-0.39, 0.29) is 22.8 Å². The Hall–Kier alpha value is -1.82. The molecule has 0 saturated carbocycles. The monoisotopic (exact) mass is 456 g/mol. The Labute approximate surface area is 177 Å². The first-order valence-electron chi connectivity index (χ1n) is 9.25. The van der Waals surface area contributed by atoms with Crippen LogP contribution in [-0.4, -0.2) is 49.1 Å². The van der Waals surface area contributed by atoms with Crippen LogP contribution in [0.15, 0.2) is 58.3 Å². The number of hydrogen-bond donors (Lipinski definition) is 0. The fraction of sp³-hybridized carbons (Fsp3) is 0.400. The highest BCUT2D eigenvalue weighted by Crippen LogP contribution is 2.27. The van der Waals surface area contributed by atoms with Gasteiger partial charge in [-0.3, -0.25) is 8.37 Å². The quantitative estimate of drug-likeness (QED) is 0.586. The van der Waals surface area contributed by atoms with Crippen LogP contribution in [-0.2, 0) is 38.1 Å². The van der Waals surface area contributed by atoms with Crippen molar-refractivity contribution < 1.29 is 34.7 Å². The highest BCUT2D eigenvalue weighted by molar-refractivity contribution is 7.87. The van der Waals surface area contributed by atoms with Crippen LogP contribution in [0.4, 0.5) is 0 Å². The van der Waals surface area contributed by atoms with Crippen molar-refractivity contribution >= 4 is 20.2 Å². The van der Waals surface area contributed by atoms with Gasteiger partial charge in [-0.25, -0.2) is 0 Å². The van der Waals surface area contributed by atoms with E-state index < -0.39 is 38.7 Å². The molecule has 164 valence electrons. The molecule has 0 radical (unpaired) electrons. The van der Waals surface area contributed by atoms with Crippen molar-refractivity contribution in [3.05, 3.63) is 59.7 Å². The van der Waals surface area contributed by atoms with Gasteiger partial charge in [0.25, 0.3) is 20.2 Å². The molecule has 2 aromatic rings. The average molecular weight is 457 g/mol. The third-order valence-corrected chi connectivity index (χ3v) is 7.37. The Kier molecular flexibility index (Phi) is 6.95. The third-order valence-electron chi connectivity index (χ3n) is 4.67. The normalized spacial score (nSPS) is 22.7. The Bertz CT molecular complexity index is 1060. The molecule has 0 unspecified atom stereocenters. The van der Waals surface area contributed by atoms with Crippen LogP contribution in [0, 0.1) is 13.8 Å². The molecule has 2 aromatic carbocycles. The van der Waals surface area contributed by atoms with Crippen molar-refractivity contribution in [2.24, 2.45) is 0 Å². The molecule has 30 heavy (non-hydrogen) atoms. The minimum Gasteiger partial charge on any atom is -0.356 e. The lowest BCUT2D eigenvalue weighted by Gasteiger charge is -2.34. The highest BCUT2D eigenvalue weighted by Gasteiger charge is 2.39.